The lowest BCUT2D eigenvalue weighted by molar-refractivity contribution is 0.166. The summed E-state index contributed by atoms with van der Waals surface area (Å²) in [5.41, 5.74) is 5.36. The maximum absolute atomic E-state index is 5.90. The van der Waals surface area contributed by atoms with Gasteiger partial charge in [0, 0.05) is 6.61 Å². The zero-order valence-electron chi connectivity index (χ0n) is 5.99. The molecule has 1 fully saturated rings. The first-order valence-electron chi connectivity index (χ1n) is 3.45. The summed E-state index contributed by atoms with van der Waals surface area (Å²) in [7, 11) is 0. The van der Waals surface area contributed by atoms with Gasteiger partial charge in [0.2, 0.25) is 5.89 Å². The van der Waals surface area contributed by atoms with Crippen molar-refractivity contribution in [3.63, 3.8) is 0 Å². The van der Waals surface area contributed by atoms with Crippen molar-refractivity contribution in [1.29, 1.82) is 0 Å². The second-order valence-corrected chi connectivity index (χ2v) is 2.71. The Morgan fingerprint density at radius 2 is 2.55 bits per heavy atom. The summed E-state index contributed by atoms with van der Waals surface area (Å²) in [5, 5.41) is 3.49. The molecule has 0 radical (unpaired) electrons. The van der Waals surface area contributed by atoms with Crippen LogP contribution in [0.2, 0.25) is 0 Å². The lowest BCUT2D eigenvalue weighted by Crippen LogP contribution is -2.37. The number of rotatable bonds is 1. The minimum atomic E-state index is -0.545. The second-order valence-electron chi connectivity index (χ2n) is 2.71. The number of hydrogen-bond acceptors (Lipinski definition) is 5. The smallest absolute Gasteiger partial charge is 0.248 e. The van der Waals surface area contributed by atoms with Crippen LogP contribution in [0.5, 0.6) is 0 Å². The number of nitrogens with two attached hydrogens (primary N) is 1. The van der Waals surface area contributed by atoms with Gasteiger partial charge in [-0.2, -0.15) is 4.98 Å². The van der Waals surface area contributed by atoms with Crippen LogP contribution in [0.25, 0.3) is 0 Å². The van der Waals surface area contributed by atoms with E-state index in [-0.39, 0.29) is 0 Å². The number of nitrogens with zero attached hydrogens (tertiary/aromatic N) is 2. The van der Waals surface area contributed by atoms with Gasteiger partial charge < -0.3 is 15.0 Å². The Hall–Kier alpha value is -0.940. The summed E-state index contributed by atoms with van der Waals surface area (Å²) in [6, 6.07) is 0. The van der Waals surface area contributed by atoms with Gasteiger partial charge in [-0.3, -0.25) is 0 Å². The highest BCUT2D eigenvalue weighted by molar-refractivity contribution is 5.01. The lowest BCUT2D eigenvalue weighted by atomic mass is 10.0. The van der Waals surface area contributed by atoms with Gasteiger partial charge in [0.05, 0.1) is 6.61 Å². The minimum absolute atomic E-state index is 0.467. The van der Waals surface area contributed by atoms with Crippen LogP contribution in [0.3, 0.4) is 0 Å². The van der Waals surface area contributed by atoms with Crippen molar-refractivity contribution in [2.45, 2.75) is 12.0 Å². The summed E-state index contributed by atoms with van der Waals surface area (Å²) in [4.78, 5) is 3.89. The van der Waals surface area contributed by atoms with Crippen LogP contribution in [0.1, 0.15) is 12.3 Å². The van der Waals surface area contributed by atoms with E-state index in [1.165, 1.54) is 6.33 Å². The van der Waals surface area contributed by atoms with Crippen LogP contribution in [0.4, 0.5) is 0 Å². The van der Waals surface area contributed by atoms with E-state index in [9.17, 15) is 0 Å². The SMILES string of the molecule is NC1(c2ncno2)CCOC1. The lowest BCUT2D eigenvalue weighted by Gasteiger charge is -2.14. The van der Waals surface area contributed by atoms with Crippen LogP contribution in [0.15, 0.2) is 10.9 Å². The van der Waals surface area contributed by atoms with Gasteiger partial charge in [-0.15, -0.1) is 0 Å². The van der Waals surface area contributed by atoms with Crippen molar-refractivity contribution in [3.05, 3.63) is 12.2 Å². The van der Waals surface area contributed by atoms with E-state index in [1.54, 1.807) is 0 Å². The first kappa shape index (κ1) is 6.75. The Kier molecular flexibility index (Phi) is 1.40. The molecule has 5 nitrogen and oxygen atoms in total. The highest BCUT2D eigenvalue weighted by atomic mass is 16.5. The zero-order chi connectivity index (χ0) is 7.73. The molecule has 60 valence electrons. The van der Waals surface area contributed by atoms with E-state index < -0.39 is 5.54 Å². The molecule has 0 aromatic carbocycles. The zero-order valence-corrected chi connectivity index (χ0v) is 5.99. The normalized spacial score (nSPS) is 31.0. The van der Waals surface area contributed by atoms with Crippen molar-refractivity contribution in [1.82, 2.24) is 10.1 Å². The minimum Gasteiger partial charge on any atom is -0.379 e. The molecule has 5 heteroatoms. The standard InChI is InChI=1S/C6H9N3O2/c7-6(1-2-10-3-6)5-8-4-9-11-5/h4H,1-3,7H2. The van der Waals surface area contributed by atoms with E-state index >= 15 is 0 Å². The summed E-state index contributed by atoms with van der Waals surface area (Å²) in [6.07, 6.45) is 2.09. The monoisotopic (exact) mass is 155 g/mol. The average Bonchev–Trinajstić information content (AvgIpc) is 2.55. The van der Waals surface area contributed by atoms with Crippen molar-refractivity contribution in [2.75, 3.05) is 13.2 Å². The highest BCUT2D eigenvalue weighted by Gasteiger charge is 2.37. The Bertz CT molecular complexity index is 228. The van der Waals surface area contributed by atoms with Crippen molar-refractivity contribution < 1.29 is 9.26 Å². The third-order valence-electron chi connectivity index (χ3n) is 1.84. The van der Waals surface area contributed by atoms with Crippen LogP contribution in [0, 0.1) is 0 Å². The maximum Gasteiger partial charge on any atom is 0.248 e. The maximum atomic E-state index is 5.90. The molecule has 2 heterocycles. The molecule has 0 bridgehead atoms. The third-order valence-corrected chi connectivity index (χ3v) is 1.84. The molecule has 1 aromatic rings. The van der Waals surface area contributed by atoms with Crippen LogP contribution >= 0.6 is 0 Å². The van der Waals surface area contributed by atoms with Gasteiger partial charge in [0.1, 0.15) is 5.54 Å². The topological polar surface area (TPSA) is 74.2 Å². The van der Waals surface area contributed by atoms with Gasteiger partial charge in [0.15, 0.2) is 6.33 Å². The number of hydrogen-bond donors (Lipinski definition) is 1. The summed E-state index contributed by atoms with van der Waals surface area (Å²) in [6.45, 7) is 1.13. The molecule has 0 amide bonds. The first-order valence-corrected chi connectivity index (χ1v) is 3.45. The number of ether oxygens (including phenoxy) is 1. The van der Waals surface area contributed by atoms with Gasteiger partial charge in [-0.25, -0.2) is 0 Å². The van der Waals surface area contributed by atoms with Crippen molar-refractivity contribution in [2.24, 2.45) is 5.73 Å². The summed E-state index contributed by atoms with van der Waals surface area (Å²) in [5.74, 6) is 0.468. The van der Waals surface area contributed by atoms with Gasteiger partial charge >= 0.3 is 0 Å². The Morgan fingerprint density at radius 3 is 3.09 bits per heavy atom. The molecule has 1 aliphatic heterocycles. The largest absolute Gasteiger partial charge is 0.379 e. The number of aromatic nitrogens is 2. The van der Waals surface area contributed by atoms with Crippen LogP contribution in [-0.4, -0.2) is 23.4 Å². The quantitative estimate of drug-likeness (QED) is 0.599. The molecule has 2 N–H and O–H groups in total. The summed E-state index contributed by atoms with van der Waals surface area (Å²) < 4.78 is 9.99. The van der Waals surface area contributed by atoms with Crippen LogP contribution < -0.4 is 5.73 Å². The molecular weight excluding hydrogens is 146 g/mol. The van der Waals surface area contributed by atoms with E-state index in [0.29, 0.717) is 19.1 Å². The van der Waals surface area contributed by atoms with E-state index in [4.69, 9.17) is 15.0 Å². The first-order chi connectivity index (χ1) is 5.31. The third kappa shape index (κ3) is 1.02. The molecule has 1 atom stereocenters. The van der Waals surface area contributed by atoms with E-state index in [1.807, 2.05) is 0 Å². The van der Waals surface area contributed by atoms with Gasteiger partial charge in [0.25, 0.3) is 0 Å². The molecule has 1 aliphatic rings. The van der Waals surface area contributed by atoms with Gasteiger partial charge in [-0.05, 0) is 6.42 Å². The van der Waals surface area contributed by atoms with E-state index in [2.05, 4.69) is 10.1 Å². The Labute approximate surface area is 63.5 Å². The molecular formula is C6H9N3O2. The van der Waals surface area contributed by atoms with Gasteiger partial charge in [-0.1, -0.05) is 5.16 Å². The molecule has 0 saturated carbocycles. The Morgan fingerprint density at radius 1 is 1.64 bits per heavy atom. The predicted molar refractivity (Wildman–Crippen MR) is 35.6 cm³/mol. The second kappa shape index (κ2) is 2.28. The van der Waals surface area contributed by atoms with Crippen molar-refractivity contribution >= 4 is 0 Å². The summed E-state index contributed by atoms with van der Waals surface area (Å²) >= 11 is 0. The molecule has 11 heavy (non-hydrogen) atoms. The molecule has 2 rings (SSSR count). The fourth-order valence-electron chi connectivity index (χ4n) is 1.14. The Balaban J connectivity index is 2.27. The molecule has 1 saturated heterocycles. The molecule has 0 spiro atoms. The predicted octanol–water partition coefficient (Wildman–Crippen LogP) is -0.356. The fourth-order valence-corrected chi connectivity index (χ4v) is 1.14. The fraction of sp³-hybridized carbons (Fsp3) is 0.667. The molecule has 0 aliphatic carbocycles. The molecule has 1 unspecified atom stereocenters. The highest BCUT2D eigenvalue weighted by Crippen LogP contribution is 2.25. The molecule has 1 aromatic heterocycles. The van der Waals surface area contributed by atoms with Crippen LogP contribution in [-0.2, 0) is 10.3 Å². The van der Waals surface area contributed by atoms with Crippen molar-refractivity contribution in [3.8, 4) is 0 Å². The van der Waals surface area contributed by atoms with E-state index in [0.717, 1.165) is 6.42 Å². The average molecular weight is 155 g/mol.